The van der Waals surface area contributed by atoms with Crippen molar-refractivity contribution in [1.82, 2.24) is 0 Å². The molecule has 2 aromatic carbocycles. The van der Waals surface area contributed by atoms with E-state index in [9.17, 15) is 0 Å². The molecule has 16 heavy (non-hydrogen) atoms. The van der Waals surface area contributed by atoms with E-state index in [0.29, 0.717) is 15.0 Å². The van der Waals surface area contributed by atoms with Gasteiger partial charge >= 0.3 is 103 Å². The van der Waals surface area contributed by atoms with Crippen molar-refractivity contribution in [1.29, 1.82) is 0 Å². The molecule has 0 atom stereocenters. The van der Waals surface area contributed by atoms with Crippen molar-refractivity contribution in [2.75, 3.05) is 17.4 Å². The third-order valence-corrected chi connectivity index (χ3v) is 4.72. The van der Waals surface area contributed by atoms with E-state index in [2.05, 4.69) is 72.6 Å². The maximum absolute atomic E-state index is 2.31. The first kappa shape index (κ1) is 11.3. The van der Waals surface area contributed by atoms with Gasteiger partial charge in [-0.05, 0) is 0 Å². The van der Waals surface area contributed by atoms with Crippen molar-refractivity contribution < 1.29 is 0 Å². The summed E-state index contributed by atoms with van der Waals surface area (Å²) >= 11 is 0.520. The molecule has 0 aliphatic rings. The summed E-state index contributed by atoms with van der Waals surface area (Å²) in [6.45, 7) is 0. The first-order valence-corrected chi connectivity index (χ1v) is 7.37. The van der Waals surface area contributed by atoms with Crippen LogP contribution in [-0.4, -0.2) is 27.4 Å². The molecule has 0 saturated carbocycles. The molecule has 0 unspecified atom stereocenters. The fourth-order valence-corrected chi connectivity index (χ4v) is 3.21. The summed E-state index contributed by atoms with van der Waals surface area (Å²) in [5.74, 6) is 0. The van der Waals surface area contributed by atoms with Crippen LogP contribution in [0, 0.1) is 0 Å². The zero-order valence-corrected chi connectivity index (χ0v) is 11.0. The second kappa shape index (κ2) is 5.74. The summed E-state index contributed by atoms with van der Waals surface area (Å²) < 4.78 is 1.46. The Morgan fingerprint density at radius 2 is 1.44 bits per heavy atom. The quantitative estimate of drug-likeness (QED) is 0.773. The van der Waals surface area contributed by atoms with Gasteiger partial charge in [-0.15, -0.1) is 0 Å². The van der Waals surface area contributed by atoms with E-state index in [-0.39, 0.29) is 0 Å². The Hall–Kier alpha value is -1.24. The molecule has 0 amide bonds. The van der Waals surface area contributed by atoms with Crippen LogP contribution in [0.25, 0.3) is 0 Å². The normalized spacial score (nSPS) is 10.1. The topological polar surface area (TPSA) is 3.24 Å². The predicted octanol–water partition coefficient (Wildman–Crippen LogP) is 2.11. The molecule has 1 nitrogen and oxygen atoms in total. The Labute approximate surface area is 103 Å². The summed E-state index contributed by atoms with van der Waals surface area (Å²) in [6, 6.07) is 21.2. The van der Waals surface area contributed by atoms with Crippen molar-refractivity contribution in [3.05, 3.63) is 60.7 Å². The van der Waals surface area contributed by atoms with Crippen LogP contribution in [0.5, 0.6) is 0 Å². The van der Waals surface area contributed by atoms with Crippen LogP contribution in [0.15, 0.2) is 60.7 Å². The van der Waals surface area contributed by atoms with Crippen LogP contribution >= 0.6 is 0 Å². The molecule has 0 spiro atoms. The second-order valence-corrected chi connectivity index (χ2v) is 5.76. The zero-order chi connectivity index (χ0) is 11.2. The standard InChI is InChI=1S/C14H15NSe/c1-15(13-8-4-2-5-9-13)12-16-14-10-6-3-7-11-14/h2-11H,12H2,1H3. The molecule has 0 saturated heterocycles. The molecular weight excluding hydrogens is 261 g/mol. The van der Waals surface area contributed by atoms with Gasteiger partial charge in [-0.2, -0.15) is 0 Å². The summed E-state index contributed by atoms with van der Waals surface area (Å²) in [6.07, 6.45) is 0. The number of nitrogens with zero attached hydrogens (tertiary/aromatic N) is 1. The van der Waals surface area contributed by atoms with Crippen LogP contribution in [0.1, 0.15) is 0 Å². The summed E-state index contributed by atoms with van der Waals surface area (Å²) in [5, 5.41) is 0. The second-order valence-electron chi connectivity index (χ2n) is 3.62. The monoisotopic (exact) mass is 277 g/mol. The minimum absolute atomic E-state index is 0.520. The van der Waals surface area contributed by atoms with Gasteiger partial charge in [0.05, 0.1) is 0 Å². The van der Waals surface area contributed by atoms with Crippen molar-refractivity contribution >= 4 is 25.1 Å². The average molecular weight is 276 g/mol. The number of hydrogen-bond acceptors (Lipinski definition) is 1. The zero-order valence-electron chi connectivity index (χ0n) is 9.34. The van der Waals surface area contributed by atoms with Gasteiger partial charge in [-0.1, -0.05) is 0 Å². The van der Waals surface area contributed by atoms with Crippen LogP contribution < -0.4 is 9.36 Å². The number of para-hydroxylation sites is 1. The van der Waals surface area contributed by atoms with Gasteiger partial charge in [0.15, 0.2) is 0 Å². The van der Waals surface area contributed by atoms with Gasteiger partial charge in [0.25, 0.3) is 0 Å². The van der Waals surface area contributed by atoms with E-state index in [1.54, 1.807) is 0 Å². The molecule has 2 aromatic rings. The van der Waals surface area contributed by atoms with E-state index in [4.69, 9.17) is 0 Å². The average Bonchev–Trinajstić information content (AvgIpc) is 2.38. The van der Waals surface area contributed by atoms with Gasteiger partial charge in [-0.25, -0.2) is 0 Å². The molecule has 2 heteroatoms. The first-order valence-electron chi connectivity index (χ1n) is 5.30. The molecule has 0 N–H and O–H groups in total. The van der Waals surface area contributed by atoms with E-state index < -0.39 is 0 Å². The Bertz CT molecular complexity index is 413. The number of benzene rings is 2. The summed E-state index contributed by atoms with van der Waals surface area (Å²) in [7, 11) is 2.15. The molecule has 82 valence electrons. The summed E-state index contributed by atoms with van der Waals surface area (Å²) in [5.41, 5.74) is 2.40. The van der Waals surface area contributed by atoms with E-state index in [0.717, 1.165) is 5.44 Å². The van der Waals surface area contributed by atoms with Crippen molar-refractivity contribution in [2.45, 2.75) is 0 Å². The molecule has 0 aliphatic heterocycles. The van der Waals surface area contributed by atoms with E-state index in [1.807, 2.05) is 0 Å². The Balaban J connectivity index is 1.92. The number of anilines is 1. The van der Waals surface area contributed by atoms with Crippen LogP contribution in [-0.2, 0) is 0 Å². The summed E-state index contributed by atoms with van der Waals surface area (Å²) in [4.78, 5) is 2.31. The van der Waals surface area contributed by atoms with Crippen molar-refractivity contribution in [2.24, 2.45) is 0 Å². The number of rotatable bonds is 4. The molecule has 0 bridgehead atoms. The van der Waals surface area contributed by atoms with Crippen LogP contribution in [0.2, 0.25) is 0 Å². The fourth-order valence-electron chi connectivity index (χ4n) is 1.45. The van der Waals surface area contributed by atoms with Gasteiger partial charge in [0.1, 0.15) is 0 Å². The Morgan fingerprint density at radius 1 is 0.875 bits per heavy atom. The predicted molar refractivity (Wildman–Crippen MR) is 71.5 cm³/mol. The van der Waals surface area contributed by atoms with Crippen molar-refractivity contribution in [3.63, 3.8) is 0 Å². The van der Waals surface area contributed by atoms with E-state index >= 15 is 0 Å². The first-order chi connectivity index (χ1) is 7.86. The fraction of sp³-hybridized carbons (Fsp3) is 0.143. The van der Waals surface area contributed by atoms with Crippen molar-refractivity contribution in [3.8, 4) is 0 Å². The maximum atomic E-state index is 2.31. The molecule has 0 aromatic heterocycles. The SMILES string of the molecule is CN(C[Se]c1ccccc1)c1ccccc1. The molecular formula is C14H15NSe. The van der Waals surface area contributed by atoms with Crippen LogP contribution in [0.4, 0.5) is 5.69 Å². The van der Waals surface area contributed by atoms with Crippen LogP contribution in [0.3, 0.4) is 0 Å². The molecule has 2 rings (SSSR count). The van der Waals surface area contributed by atoms with Gasteiger partial charge in [0, 0.05) is 0 Å². The molecule has 0 fully saturated rings. The third kappa shape index (κ3) is 3.13. The third-order valence-electron chi connectivity index (χ3n) is 2.37. The number of hydrogen-bond donors (Lipinski definition) is 0. The molecule has 0 heterocycles. The Kier molecular flexibility index (Phi) is 4.03. The van der Waals surface area contributed by atoms with Gasteiger partial charge < -0.3 is 0 Å². The Morgan fingerprint density at radius 3 is 2.06 bits per heavy atom. The molecule has 0 aliphatic carbocycles. The van der Waals surface area contributed by atoms with Gasteiger partial charge in [0.2, 0.25) is 0 Å². The van der Waals surface area contributed by atoms with Gasteiger partial charge in [-0.3, -0.25) is 0 Å². The molecule has 0 radical (unpaired) electrons. The minimum atomic E-state index is 0.520. The van der Waals surface area contributed by atoms with E-state index in [1.165, 1.54) is 10.1 Å².